The van der Waals surface area contributed by atoms with Gasteiger partial charge in [0.25, 0.3) is 0 Å². The van der Waals surface area contributed by atoms with E-state index in [9.17, 15) is 0 Å². The van der Waals surface area contributed by atoms with Gasteiger partial charge in [0.05, 0.1) is 11.1 Å². The molecule has 1 unspecified atom stereocenters. The van der Waals surface area contributed by atoms with Crippen LogP contribution >= 0.6 is 15.9 Å². The number of hydrogen-bond donors (Lipinski definition) is 0. The fourth-order valence-electron chi connectivity index (χ4n) is 1.89. The topological polar surface area (TPSA) is 35.3 Å². The summed E-state index contributed by atoms with van der Waals surface area (Å²) in [5.74, 6) is 1.38. The second-order valence-electron chi connectivity index (χ2n) is 3.72. The van der Waals surface area contributed by atoms with Crippen LogP contribution in [0.5, 0.6) is 0 Å². The van der Waals surface area contributed by atoms with E-state index in [2.05, 4.69) is 20.9 Å². The molecule has 0 saturated carbocycles. The predicted octanol–water partition coefficient (Wildman–Crippen LogP) is 3.09. The maximum atomic E-state index is 5.79. The largest absolute Gasteiger partial charge is 0.458 e. The molecule has 2 aromatic rings. The van der Waals surface area contributed by atoms with Crippen LogP contribution in [0, 0.1) is 0 Å². The summed E-state index contributed by atoms with van der Waals surface area (Å²) in [5.41, 5.74) is 1.74. The van der Waals surface area contributed by atoms with Crippen LogP contribution in [0.2, 0.25) is 0 Å². The van der Waals surface area contributed by atoms with E-state index >= 15 is 0 Å². The average Bonchev–Trinajstić information content (AvgIpc) is 2.86. The molecule has 1 aliphatic rings. The van der Waals surface area contributed by atoms with Crippen LogP contribution in [0.4, 0.5) is 0 Å². The quantitative estimate of drug-likeness (QED) is 0.797. The number of halogens is 1. The van der Waals surface area contributed by atoms with Gasteiger partial charge in [-0.05, 0) is 28.4 Å². The van der Waals surface area contributed by atoms with Crippen molar-refractivity contribution in [3.63, 3.8) is 0 Å². The van der Waals surface area contributed by atoms with Crippen molar-refractivity contribution in [1.29, 1.82) is 0 Å². The molecule has 1 aliphatic heterocycles. The standard InChI is InChI=1S/C11H10BrNO2/c12-8-1-3-13-9-5-10(15-11(8)9)7-2-4-14-6-7/h1,3,5,7H,2,4,6H2. The molecule has 3 heterocycles. The molecule has 0 aromatic carbocycles. The van der Waals surface area contributed by atoms with Crippen molar-refractivity contribution >= 4 is 27.0 Å². The minimum atomic E-state index is 0.395. The number of nitrogens with zero attached hydrogens (tertiary/aromatic N) is 1. The summed E-state index contributed by atoms with van der Waals surface area (Å²) in [5, 5.41) is 0. The van der Waals surface area contributed by atoms with Crippen molar-refractivity contribution in [1.82, 2.24) is 4.98 Å². The van der Waals surface area contributed by atoms with Crippen LogP contribution < -0.4 is 0 Å². The van der Waals surface area contributed by atoms with E-state index in [1.807, 2.05) is 12.1 Å². The van der Waals surface area contributed by atoms with Gasteiger partial charge in [0, 0.05) is 24.8 Å². The van der Waals surface area contributed by atoms with Gasteiger partial charge in [-0.3, -0.25) is 4.98 Å². The highest BCUT2D eigenvalue weighted by Gasteiger charge is 2.22. The first-order valence-electron chi connectivity index (χ1n) is 4.96. The lowest BCUT2D eigenvalue weighted by atomic mass is 10.1. The molecule has 1 atom stereocenters. The Labute approximate surface area is 95.6 Å². The summed E-state index contributed by atoms with van der Waals surface area (Å²) in [7, 11) is 0. The van der Waals surface area contributed by atoms with E-state index in [1.165, 1.54) is 0 Å². The van der Waals surface area contributed by atoms with Crippen molar-refractivity contribution < 1.29 is 9.15 Å². The van der Waals surface area contributed by atoms with E-state index in [1.54, 1.807) is 6.20 Å². The highest BCUT2D eigenvalue weighted by atomic mass is 79.9. The van der Waals surface area contributed by atoms with E-state index in [4.69, 9.17) is 9.15 Å². The zero-order valence-electron chi connectivity index (χ0n) is 8.07. The van der Waals surface area contributed by atoms with Crippen LogP contribution in [0.1, 0.15) is 18.1 Å². The molecule has 15 heavy (non-hydrogen) atoms. The second kappa shape index (κ2) is 3.61. The van der Waals surface area contributed by atoms with Crippen molar-refractivity contribution in [2.75, 3.05) is 13.2 Å². The first-order valence-corrected chi connectivity index (χ1v) is 5.75. The highest BCUT2D eigenvalue weighted by Crippen LogP contribution is 2.32. The molecule has 0 bridgehead atoms. The van der Waals surface area contributed by atoms with Gasteiger partial charge in [-0.15, -0.1) is 0 Å². The number of rotatable bonds is 1. The molecule has 0 radical (unpaired) electrons. The molecule has 0 amide bonds. The normalized spacial score (nSPS) is 21.3. The lowest BCUT2D eigenvalue weighted by Gasteiger charge is -2.00. The maximum absolute atomic E-state index is 5.79. The smallest absolute Gasteiger partial charge is 0.166 e. The van der Waals surface area contributed by atoms with Crippen LogP contribution in [0.15, 0.2) is 27.2 Å². The molecule has 1 fully saturated rings. The van der Waals surface area contributed by atoms with Gasteiger partial charge in [0.2, 0.25) is 0 Å². The fourth-order valence-corrected chi connectivity index (χ4v) is 2.29. The predicted molar refractivity (Wildman–Crippen MR) is 59.9 cm³/mol. The summed E-state index contributed by atoms with van der Waals surface area (Å²) in [6.45, 7) is 1.59. The average molecular weight is 268 g/mol. The van der Waals surface area contributed by atoms with Gasteiger partial charge >= 0.3 is 0 Å². The van der Waals surface area contributed by atoms with Crippen LogP contribution in [-0.4, -0.2) is 18.2 Å². The number of hydrogen-bond acceptors (Lipinski definition) is 3. The number of furan rings is 1. The van der Waals surface area contributed by atoms with Gasteiger partial charge in [-0.25, -0.2) is 0 Å². The molecule has 0 N–H and O–H groups in total. The third kappa shape index (κ3) is 1.58. The number of ether oxygens (including phenoxy) is 1. The van der Waals surface area contributed by atoms with E-state index in [-0.39, 0.29) is 0 Å². The molecular weight excluding hydrogens is 258 g/mol. The fraction of sp³-hybridized carbons (Fsp3) is 0.364. The molecule has 4 heteroatoms. The molecule has 78 valence electrons. The van der Waals surface area contributed by atoms with Gasteiger partial charge in [0.1, 0.15) is 11.3 Å². The Balaban J connectivity index is 2.09. The van der Waals surface area contributed by atoms with Crippen LogP contribution in [-0.2, 0) is 4.74 Å². The van der Waals surface area contributed by atoms with E-state index in [0.717, 1.165) is 41.0 Å². The van der Waals surface area contributed by atoms with Crippen molar-refractivity contribution in [3.05, 3.63) is 28.6 Å². The Bertz CT molecular complexity index is 488. The Morgan fingerprint density at radius 1 is 1.47 bits per heavy atom. The van der Waals surface area contributed by atoms with Crippen molar-refractivity contribution in [2.24, 2.45) is 0 Å². The lowest BCUT2D eigenvalue weighted by molar-refractivity contribution is 0.191. The van der Waals surface area contributed by atoms with Gasteiger partial charge in [-0.1, -0.05) is 0 Å². The summed E-state index contributed by atoms with van der Waals surface area (Å²) < 4.78 is 12.1. The molecule has 1 saturated heterocycles. The molecule has 0 aliphatic carbocycles. The van der Waals surface area contributed by atoms with E-state index in [0.29, 0.717) is 5.92 Å². The number of pyridine rings is 1. The summed E-state index contributed by atoms with van der Waals surface area (Å²) in [4.78, 5) is 4.27. The van der Waals surface area contributed by atoms with E-state index < -0.39 is 0 Å². The lowest BCUT2D eigenvalue weighted by Crippen LogP contribution is -1.94. The molecule has 3 nitrogen and oxygen atoms in total. The molecule has 3 rings (SSSR count). The zero-order valence-corrected chi connectivity index (χ0v) is 9.66. The third-order valence-electron chi connectivity index (χ3n) is 2.71. The number of fused-ring (bicyclic) bond motifs is 1. The van der Waals surface area contributed by atoms with Crippen molar-refractivity contribution in [3.8, 4) is 0 Å². The van der Waals surface area contributed by atoms with Crippen molar-refractivity contribution in [2.45, 2.75) is 12.3 Å². The third-order valence-corrected chi connectivity index (χ3v) is 3.34. The summed E-state index contributed by atoms with van der Waals surface area (Å²) in [6.07, 6.45) is 2.81. The van der Waals surface area contributed by atoms with Gasteiger partial charge < -0.3 is 9.15 Å². The maximum Gasteiger partial charge on any atom is 0.166 e. The molecule has 0 spiro atoms. The molecule has 2 aromatic heterocycles. The minimum Gasteiger partial charge on any atom is -0.458 e. The first-order chi connectivity index (χ1) is 7.34. The van der Waals surface area contributed by atoms with Crippen LogP contribution in [0.3, 0.4) is 0 Å². The Hall–Kier alpha value is -0.870. The Kier molecular flexibility index (Phi) is 2.25. The summed E-state index contributed by atoms with van der Waals surface area (Å²) in [6, 6.07) is 3.90. The number of aromatic nitrogens is 1. The zero-order chi connectivity index (χ0) is 10.3. The van der Waals surface area contributed by atoms with Crippen LogP contribution in [0.25, 0.3) is 11.1 Å². The second-order valence-corrected chi connectivity index (χ2v) is 4.57. The molecular formula is C11H10BrNO2. The monoisotopic (exact) mass is 267 g/mol. The Morgan fingerprint density at radius 2 is 2.40 bits per heavy atom. The summed E-state index contributed by atoms with van der Waals surface area (Å²) >= 11 is 3.45. The first kappa shape index (κ1) is 9.36. The Morgan fingerprint density at radius 3 is 3.13 bits per heavy atom. The minimum absolute atomic E-state index is 0.395. The van der Waals surface area contributed by atoms with Gasteiger partial charge in [-0.2, -0.15) is 0 Å². The van der Waals surface area contributed by atoms with Gasteiger partial charge in [0.15, 0.2) is 5.58 Å². The SMILES string of the molecule is Brc1ccnc2cc(C3CCOC3)oc12. The highest BCUT2D eigenvalue weighted by molar-refractivity contribution is 9.10.